The molecule has 60 valence electrons. The Balaban J connectivity index is 2.66. The molecule has 0 fully saturated rings. The normalized spacial score (nSPS) is 8.58. The molecule has 0 N–H and O–H groups in total. The van der Waals surface area contributed by atoms with Gasteiger partial charge in [0.25, 0.3) is 0 Å². The minimum Gasteiger partial charge on any atom is -0.472 e. The Morgan fingerprint density at radius 3 is 2.92 bits per heavy atom. The molecule has 4 nitrogen and oxygen atoms in total. The van der Waals surface area contributed by atoms with Crippen molar-refractivity contribution in [1.29, 1.82) is 5.26 Å². The predicted octanol–water partition coefficient (Wildman–Crippen LogP) is 0.913. The Kier molecular flexibility index (Phi) is 2.79. The summed E-state index contributed by atoms with van der Waals surface area (Å²) in [4.78, 5) is 7.60. The first-order valence-corrected chi connectivity index (χ1v) is 3.32. The molecule has 1 aromatic rings. The highest BCUT2D eigenvalue weighted by atomic mass is 16.5. The smallest absolute Gasteiger partial charge is 0.232 e. The summed E-state index contributed by atoms with van der Waals surface area (Å²) in [5.41, 5.74) is 0.279. The summed E-state index contributed by atoms with van der Waals surface area (Å²) in [7, 11) is 0. The lowest BCUT2D eigenvalue weighted by molar-refractivity contribution is 0.347. The lowest BCUT2D eigenvalue weighted by Gasteiger charge is -1.98. The molecule has 4 heteroatoms. The molecule has 0 radical (unpaired) electrons. The van der Waals surface area contributed by atoms with Crippen molar-refractivity contribution in [1.82, 2.24) is 9.97 Å². The molecule has 0 saturated heterocycles. The molecule has 1 aromatic heterocycles. The number of nitriles is 1. The minimum atomic E-state index is 0.279. The van der Waals surface area contributed by atoms with Crippen molar-refractivity contribution >= 4 is 0 Å². The third-order valence-electron chi connectivity index (χ3n) is 1.09. The van der Waals surface area contributed by atoms with Crippen molar-refractivity contribution in [3.05, 3.63) is 30.7 Å². The number of aromatic nitrogens is 2. The van der Waals surface area contributed by atoms with Gasteiger partial charge in [0.05, 0.1) is 12.4 Å². The molecule has 1 heterocycles. The topological polar surface area (TPSA) is 58.8 Å². The van der Waals surface area contributed by atoms with Crippen LogP contribution < -0.4 is 4.74 Å². The van der Waals surface area contributed by atoms with Gasteiger partial charge in [-0.2, -0.15) is 5.26 Å². The summed E-state index contributed by atoms with van der Waals surface area (Å²) in [6.07, 6.45) is 4.38. The standard InChI is InChI=1S/C8H7N3O/c1-2-3-12-8-6-10-7(4-9)5-11-8/h2,5-6H,1,3H2. The van der Waals surface area contributed by atoms with Crippen LogP contribution in [0.1, 0.15) is 5.69 Å². The highest BCUT2D eigenvalue weighted by molar-refractivity contribution is 5.18. The largest absolute Gasteiger partial charge is 0.472 e. The van der Waals surface area contributed by atoms with Gasteiger partial charge >= 0.3 is 0 Å². The molecule has 1 rings (SSSR count). The van der Waals surface area contributed by atoms with Gasteiger partial charge in [0.15, 0.2) is 5.69 Å². The molecule has 0 unspecified atom stereocenters. The Morgan fingerprint density at radius 2 is 2.42 bits per heavy atom. The van der Waals surface area contributed by atoms with Gasteiger partial charge in [-0.25, -0.2) is 9.97 Å². The van der Waals surface area contributed by atoms with Gasteiger partial charge in [0.1, 0.15) is 12.7 Å². The third kappa shape index (κ3) is 2.06. The van der Waals surface area contributed by atoms with Crippen molar-refractivity contribution in [3.63, 3.8) is 0 Å². The Bertz CT molecular complexity index is 299. The average Bonchev–Trinajstić information content (AvgIpc) is 2.15. The zero-order valence-corrected chi connectivity index (χ0v) is 6.40. The zero-order valence-electron chi connectivity index (χ0n) is 6.40. The van der Waals surface area contributed by atoms with Crippen molar-refractivity contribution < 1.29 is 4.74 Å². The van der Waals surface area contributed by atoms with Crippen molar-refractivity contribution in [3.8, 4) is 11.9 Å². The second-order valence-electron chi connectivity index (χ2n) is 1.95. The van der Waals surface area contributed by atoms with E-state index in [1.165, 1.54) is 12.4 Å². The van der Waals surface area contributed by atoms with Crippen LogP contribution in [0.15, 0.2) is 25.0 Å². The zero-order chi connectivity index (χ0) is 8.81. The van der Waals surface area contributed by atoms with E-state index in [9.17, 15) is 0 Å². The molecule has 0 atom stereocenters. The van der Waals surface area contributed by atoms with E-state index in [1.807, 2.05) is 6.07 Å². The first-order valence-electron chi connectivity index (χ1n) is 3.32. The summed E-state index contributed by atoms with van der Waals surface area (Å²) >= 11 is 0. The lowest BCUT2D eigenvalue weighted by atomic mass is 10.5. The Labute approximate surface area is 70.1 Å². The van der Waals surface area contributed by atoms with Gasteiger partial charge in [-0.05, 0) is 0 Å². The third-order valence-corrected chi connectivity index (χ3v) is 1.09. The van der Waals surface area contributed by atoms with Gasteiger partial charge < -0.3 is 4.74 Å². The number of hydrogen-bond acceptors (Lipinski definition) is 4. The van der Waals surface area contributed by atoms with Gasteiger partial charge in [-0.3, -0.25) is 0 Å². The number of rotatable bonds is 3. The molecule has 0 aliphatic rings. The summed E-state index contributed by atoms with van der Waals surface area (Å²) in [5, 5.41) is 8.40. The maximum absolute atomic E-state index is 8.40. The van der Waals surface area contributed by atoms with E-state index in [0.717, 1.165) is 0 Å². The predicted molar refractivity (Wildman–Crippen MR) is 42.4 cm³/mol. The highest BCUT2D eigenvalue weighted by Gasteiger charge is 1.94. The van der Waals surface area contributed by atoms with Crippen molar-refractivity contribution in [2.75, 3.05) is 6.61 Å². The van der Waals surface area contributed by atoms with E-state index in [2.05, 4.69) is 16.5 Å². The van der Waals surface area contributed by atoms with Crippen LogP contribution in [0.25, 0.3) is 0 Å². The summed E-state index contributed by atoms with van der Waals surface area (Å²) in [6.45, 7) is 3.87. The van der Waals surface area contributed by atoms with E-state index in [0.29, 0.717) is 12.5 Å². The quantitative estimate of drug-likeness (QED) is 0.618. The first-order chi connectivity index (χ1) is 5.86. The van der Waals surface area contributed by atoms with Crippen LogP contribution in [0.3, 0.4) is 0 Å². The summed E-state index contributed by atoms with van der Waals surface area (Å²) in [5.74, 6) is 0.397. The molecule has 0 aromatic carbocycles. The lowest BCUT2D eigenvalue weighted by Crippen LogP contribution is -1.96. The summed E-state index contributed by atoms with van der Waals surface area (Å²) < 4.78 is 5.05. The fourth-order valence-corrected chi connectivity index (χ4v) is 0.593. The maximum Gasteiger partial charge on any atom is 0.232 e. The Morgan fingerprint density at radius 1 is 1.58 bits per heavy atom. The molecule has 12 heavy (non-hydrogen) atoms. The van der Waals surface area contributed by atoms with Gasteiger partial charge in [0.2, 0.25) is 5.88 Å². The van der Waals surface area contributed by atoms with Crippen LogP contribution in [0.5, 0.6) is 5.88 Å². The molecule has 0 saturated carbocycles. The highest BCUT2D eigenvalue weighted by Crippen LogP contribution is 2.02. The van der Waals surface area contributed by atoms with Crippen LogP contribution in [0, 0.1) is 11.3 Å². The fraction of sp³-hybridized carbons (Fsp3) is 0.125. The van der Waals surface area contributed by atoms with E-state index in [1.54, 1.807) is 6.08 Å². The number of ether oxygens (including phenoxy) is 1. The van der Waals surface area contributed by atoms with E-state index >= 15 is 0 Å². The van der Waals surface area contributed by atoms with Gasteiger partial charge in [-0.15, -0.1) is 0 Å². The van der Waals surface area contributed by atoms with Crippen LogP contribution in [-0.4, -0.2) is 16.6 Å². The van der Waals surface area contributed by atoms with Crippen LogP contribution in [-0.2, 0) is 0 Å². The monoisotopic (exact) mass is 161 g/mol. The molecule has 0 aliphatic heterocycles. The molecular formula is C8H7N3O. The molecule has 0 aliphatic carbocycles. The van der Waals surface area contributed by atoms with Crippen LogP contribution in [0.4, 0.5) is 0 Å². The minimum absolute atomic E-state index is 0.279. The van der Waals surface area contributed by atoms with E-state index in [4.69, 9.17) is 10.00 Å². The number of nitrogens with zero attached hydrogens (tertiary/aromatic N) is 3. The van der Waals surface area contributed by atoms with Gasteiger partial charge in [-0.1, -0.05) is 12.7 Å². The fourth-order valence-electron chi connectivity index (χ4n) is 0.593. The van der Waals surface area contributed by atoms with E-state index < -0.39 is 0 Å². The molecule has 0 amide bonds. The second kappa shape index (κ2) is 4.09. The summed E-state index contributed by atoms with van der Waals surface area (Å²) in [6, 6.07) is 1.86. The van der Waals surface area contributed by atoms with E-state index in [-0.39, 0.29) is 5.69 Å². The molecule has 0 bridgehead atoms. The maximum atomic E-state index is 8.40. The average molecular weight is 161 g/mol. The van der Waals surface area contributed by atoms with Crippen LogP contribution >= 0.6 is 0 Å². The van der Waals surface area contributed by atoms with Gasteiger partial charge in [0, 0.05) is 0 Å². The molecule has 0 spiro atoms. The van der Waals surface area contributed by atoms with Crippen LogP contribution in [0.2, 0.25) is 0 Å². The first kappa shape index (κ1) is 8.21. The van der Waals surface area contributed by atoms with Crippen molar-refractivity contribution in [2.45, 2.75) is 0 Å². The van der Waals surface area contributed by atoms with Crippen molar-refractivity contribution in [2.24, 2.45) is 0 Å². The SMILES string of the molecule is C=CCOc1cnc(C#N)cn1. The second-order valence-corrected chi connectivity index (χ2v) is 1.95. The molecular weight excluding hydrogens is 154 g/mol. The Hall–Kier alpha value is -1.89. The number of hydrogen-bond donors (Lipinski definition) is 0.